The number of imidazole rings is 1. The minimum absolute atomic E-state index is 0.0104. The second-order valence-electron chi connectivity index (χ2n) is 10.8. The van der Waals surface area contributed by atoms with Crippen LogP contribution >= 0.6 is 11.6 Å². The van der Waals surface area contributed by atoms with Crippen molar-refractivity contribution in [1.82, 2.24) is 19.5 Å². The van der Waals surface area contributed by atoms with Gasteiger partial charge in [0.05, 0.1) is 29.9 Å². The van der Waals surface area contributed by atoms with Crippen molar-refractivity contribution in [3.05, 3.63) is 82.3 Å². The lowest BCUT2D eigenvalue weighted by Crippen LogP contribution is -2.32. The van der Waals surface area contributed by atoms with Crippen LogP contribution in [0.25, 0.3) is 11.0 Å². The van der Waals surface area contributed by atoms with Gasteiger partial charge in [0.1, 0.15) is 17.8 Å². The van der Waals surface area contributed by atoms with Crippen LogP contribution in [-0.2, 0) is 24.1 Å². The second-order valence-corrected chi connectivity index (χ2v) is 11.3. The Morgan fingerprint density at radius 2 is 1.90 bits per heavy atom. The molecule has 1 saturated carbocycles. The molecule has 1 aliphatic carbocycles. The molecule has 2 aromatic heterocycles. The van der Waals surface area contributed by atoms with Crippen LogP contribution in [-0.4, -0.2) is 49.4 Å². The van der Waals surface area contributed by atoms with E-state index >= 15 is 0 Å². The van der Waals surface area contributed by atoms with Gasteiger partial charge in [0.15, 0.2) is 5.84 Å². The maximum Gasteiger partial charge on any atom is 0.254 e. The van der Waals surface area contributed by atoms with E-state index in [1.165, 1.54) is 6.20 Å². The van der Waals surface area contributed by atoms with E-state index in [1.807, 2.05) is 42.5 Å². The lowest BCUT2D eigenvalue weighted by molar-refractivity contribution is -0.0590. The van der Waals surface area contributed by atoms with Crippen LogP contribution in [0.3, 0.4) is 0 Å². The number of amidine groups is 1. The van der Waals surface area contributed by atoms with Gasteiger partial charge in [-0.25, -0.2) is 9.97 Å². The molecule has 0 bridgehead atoms. The van der Waals surface area contributed by atoms with E-state index < -0.39 is 5.82 Å². The molecule has 2 aliphatic rings. The van der Waals surface area contributed by atoms with Crippen molar-refractivity contribution in [3.63, 3.8) is 0 Å². The zero-order chi connectivity index (χ0) is 28.3. The summed E-state index contributed by atoms with van der Waals surface area (Å²) in [6, 6.07) is 13.1. The number of nitrogens with zero attached hydrogens (tertiary/aromatic N) is 5. The molecule has 4 aromatic rings. The number of ether oxygens (including phenoxy) is 2. The number of aromatic nitrogens is 4. The molecule has 0 amide bonds. The average Bonchev–Trinajstić information content (AvgIpc) is 3.30. The minimum atomic E-state index is -0.551. The number of rotatable bonds is 9. The number of hydrogen-bond donors (Lipinski definition) is 2. The van der Waals surface area contributed by atoms with Gasteiger partial charge in [0.25, 0.3) is 5.88 Å². The highest BCUT2D eigenvalue weighted by molar-refractivity contribution is 6.30. The van der Waals surface area contributed by atoms with E-state index in [0.717, 1.165) is 74.1 Å². The van der Waals surface area contributed by atoms with Gasteiger partial charge in [-0.05, 0) is 73.9 Å². The molecule has 11 heteroatoms. The predicted molar refractivity (Wildman–Crippen MR) is 153 cm³/mol. The Bertz CT molecular complexity index is 1550. The molecule has 0 radical (unpaired) electrons. The van der Waals surface area contributed by atoms with Gasteiger partial charge in [-0.2, -0.15) is 9.37 Å². The molecular weight excluding hydrogens is 547 g/mol. The third-order valence-corrected chi connectivity index (χ3v) is 8.24. The molecule has 6 rings (SSSR count). The summed E-state index contributed by atoms with van der Waals surface area (Å²) in [6.07, 6.45) is 7.07. The number of nitrogens with two attached hydrogens (primary N) is 1. The summed E-state index contributed by atoms with van der Waals surface area (Å²) >= 11 is 5.97. The Labute approximate surface area is 242 Å². The van der Waals surface area contributed by atoms with Crippen LogP contribution in [0.1, 0.15) is 54.9 Å². The molecule has 9 nitrogen and oxygen atoms in total. The van der Waals surface area contributed by atoms with Gasteiger partial charge in [-0.1, -0.05) is 28.9 Å². The number of oxime groups is 1. The first-order chi connectivity index (χ1) is 19.9. The van der Waals surface area contributed by atoms with E-state index in [4.69, 9.17) is 37.0 Å². The standard InChI is InChI=1S/C30H32ClFN6O3/c31-21-6-1-18(2-7-21)13-27-34-16-24(32)30(36-27)41-22-8-3-19(4-9-22)14-28-35-25-15-20(29(33)37-39)5-10-26(25)38(28)17-23-11-12-40-23/h1-2,5-7,10,15-16,19,22-23,39H,3-4,8-9,11-14,17H2,(H2,33,37)/t19-,22-,23-/m0/s1. The molecule has 0 unspecified atom stereocenters. The molecule has 3 heterocycles. The minimum Gasteiger partial charge on any atom is -0.472 e. The van der Waals surface area contributed by atoms with Gasteiger partial charge < -0.3 is 25.0 Å². The van der Waals surface area contributed by atoms with Crippen LogP contribution in [0, 0.1) is 11.7 Å². The first kappa shape index (κ1) is 27.4. The zero-order valence-electron chi connectivity index (χ0n) is 22.5. The Hall–Kier alpha value is -3.76. The highest BCUT2D eigenvalue weighted by atomic mass is 35.5. The zero-order valence-corrected chi connectivity index (χ0v) is 23.3. The van der Waals surface area contributed by atoms with Gasteiger partial charge in [-0.15, -0.1) is 0 Å². The molecule has 1 saturated heterocycles. The highest BCUT2D eigenvalue weighted by Crippen LogP contribution is 2.32. The van der Waals surface area contributed by atoms with Crippen LogP contribution in [0.15, 0.2) is 53.8 Å². The van der Waals surface area contributed by atoms with Crippen LogP contribution in [0.5, 0.6) is 5.88 Å². The Balaban J connectivity index is 1.11. The van der Waals surface area contributed by atoms with E-state index in [9.17, 15) is 4.39 Å². The smallest absolute Gasteiger partial charge is 0.254 e. The Morgan fingerprint density at radius 3 is 2.61 bits per heavy atom. The highest BCUT2D eigenvalue weighted by Gasteiger charge is 2.27. The summed E-state index contributed by atoms with van der Waals surface area (Å²) in [7, 11) is 0. The van der Waals surface area contributed by atoms with Crippen molar-refractivity contribution in [3.8, 4) is 5.88 Å². The van der Waals surface area contributed by atoms with Crippen molar-refractivity contribution in [2.45, 2.75) is 63.7 Å². The predicted octanol–water partition coefficient (Wildman–Crippen LogP) is 5.27. The summed E-state index contributed by atoms with van der Waals surface area (Å²) < 4.78 is 28.6. The number of fused-ring (bicyclic) bond motifs is 1. The van der Waals surface area contributed by atoms with Crippen molar-refractivity contribution < 1.29 is 19.1 Å². The summed E-state index contributed by atoms with van der Waals surface area (Å²) in [6.45, 7) is 1.54. The summed E-state index contributed by atoms with van der Waals surface area (Å²) in [5.74, 6) is 1.45. The van der Waals surface area contributed by atoms with Crippen LogP contribution < -0.4 is 10.5 Å². The number of halogens is 2. The third kappa shape index (κ3) is 6.28. The molecule has 2 fully saturated rings. The molecule has 0 spiro atoms. The third-order valence-electron chi connectivity index (χ3n) is 7.99. The number of benzene rings is 2. The maximum atomic E-state index is 14.5. The molecule has 214 valence electrons. The molecule has 1 aliphatic heterocycles. The topological polar surface area (TPSA) is 121 Å². The first-order valence-electron chi connectivity index (χ1n) is 14.0. The van der Waals surface area contributed by atoms with Crippen LogP contribution in [0.4, 0.5) is 4.39 Å². The van der Waals surface area contributed by atoms with Gasteiger partial charge in [0.2, 0.25) is 5.82 Å². The fourth-order valence-electron chi connectivity index (χ4n) is 5.60. The summed E-state index contributed by atoms with van der Waals surface area (Å²) in [5.41, 5.74) is 9.25. The average molecular weight is 579 g/mol. The first-order valence-corrected chi connectivity index (χ1v) is 14.3. The van der Waals surface area contributed by atoms with Crippen molar-refractivity contribution in [2.75, 3.05) is 6.61 Å². The van der Waals surface area contributed by atoms with Gasteiger partial charge in [0, 0.05) is 30.0 Å². The van der Waals surface area contributed by atoms with E-state index in [1.54, 1.807) is 0 Å². The molecule has 41 heavy (non-hydrogen) atoms. The van der Waals surface area contributed by atoms with Gasteiger partial charge >= 0.3 is 0 Å². The molecule has 1 atom stereocenters. The quantitative estimate of drug-likeness (QED) is 0.120. The van der Waals surface area contributed by atoms with Crippen molar-refractivity contribution >= 4 is 28.5 Å². The molecule has 3 N–H and O–H groups in total. The van der Waals surface area contributed by atoms with E-state index in [2.05, 4.69) is 19.7 Å². The summed E-state index contributed by atoms with van der Waals surface area (Å²) in [4.78, 5) is 13.5. The van der Waals surface area contributed by atoms with Crippen molar-refractivity contribution in [2.24, 2.45) is 16.8 Å². The normalized spacial score (nSPS) is 21.1. The Morgan fingerprint density at radius 1 is 1.12 bits per heavy atom. The lowest BCUT2D eigenvalue weighted by atomic mass is 9.85. The van der Waals surface area contributed by atoms with Crippen LogP contribution in [0.2, 0.25) is 5.02 Å². The Kier molecular flexibility index (Phi) is 8.02. The number of hydrogen-bond acceptors (Lipinski definition) is 7. The fourth-order valence-corrected chi connectivity index (χ4v) is 5.72. The largest absolute Gasteiger partial charge is 0.472 e. The SMILES string of the molecule is N/C(=N\O)c1ccc2c(c1)nc(C[C@H]1CC[C@H](Oc3nc(Cc4ccc(Cl)cc4)ncc3F)CC1)n2C[C@@H]1CCO1. The van der Waals surface area contributed by atoms with E-state index in [-0.39, 0.29) is 23.9 Å². The lowest BCUT2D eigenvalue weighted by Gasteiger charge is -2.30. The summed E-state index contributed by atoms with van der Waals surface area (Å²) in [5, 5.41) is 12.9. The van der Waals surface area contributed by atoms with E-state index in [0.29, 0.717) is 28.7 Å². The fraction of sp³-hybridized carbons (Fsp3) is 0.400. The van der Waals surface area contributed by atoms with Crippen molar-refractivity contribution in [1.29, 1.82) is 0 Å². The van der Waals surface area contributed by atoms with Gasteiger partial charge in [-0.3, -0.25) is 0 Å². The second kappa shape index (κ2) is 12.0. The monoisotopic (exact) mass is 578 g/mol. The maximum absolute atomic E-state index is 14.5. The molecule has 2 aromatic carbocycles. The molecular formula is C30H32ClFN6O3.